The lowest BCUT2D eigenvalue weighted by atomic mass is 10.2. The summed E-state index contributed by atoms with van der Waals surface area (Å²) in [5.41, 5.74) is 4.55. The monoisotopic (exact) mass is 335 g/mol. The predicted molar refractivity (Wildman–Crippen MR) is 89.1 cm³/mol. The maximum atomic E-state index is 12.4. The van der Waals surface area contributed by atoms with Crippen LogP contribution in [-0.4, -0.2) is 35.6 Å². The van der Waals surface area contributed by atoms with E-state index in [4.69, 9.17) is 23.2 Å². The molecule has 0 saturated carbocycles. The van der Waals surface area contributed by atoms with Crippen LogP contribution in [0.4, 0.5) is 5.69 Å². The summed E-state index contributed by atoms with van der Waals surface area (Å²) in [4.78, 5) is 14.2. The Kier molecular flexibility index (Phi) is 4.52. The summed E-state index contributed by atoms with van der Waals surface area (Å²) in [6.07, 6.45) is 0. The van der Waals surface area contributed by atoms with Gasteiger partial charge in [0.15, 0.2) is 0 Å². The lowest BCUT2D eigenvalue weighted by Crippen LogP contribution is -2.33. The molecule has 0 bridgehead atoms. The van der Waals surface area contributed by atoms with Crippen molar-refractivity contribution in [2.24, 2.45) is 0 Å². The minimum absolute atomic E-state index is 0.0233. The Morgan fingerprint density at radius 2 is 1.64 bits per heavy atom. The third kappa shape index (κ3) is 3.19. The Morgan fingerprint density at radius 1 is 0.955 bits per heavy atom. The quantitative estimate of drug-likeness (QED) is 0.928. The average molecular weight is 336 g/mol. The third-order valence-corrected chi connectivity index (χ3v) is 4.15. The fraction of sp³-hybridized carbons (Fsp3) is 0.188. The molecule has 3 rings (SSSR count). The third-order valence-electron chi connectivity index (χ3n) is 3.52. The Bertz CT molecular complexity index is 658. The molecular weight excluding hydrogens is 321 g/mol. The molecule has 0 aromatic heterocycles. The van der Waals surface area contributed by atoms with Crippen LogP contribution in [0.1, 0.15) is 10.4 Å². The normalized spacial score (nSPS) is 15.1. The second-order valence-electron chi connectivity index (χ2n) is 5.05. The predicted octanol–water partition coefficient (Wildman–Crippen LogP) is 3.74. The van der Waals surface area contributed by atoms with Crippen LogP contribution in [0.25, 0.3) is 0 Å². The van der Waals surface area contributed by atoms with Gasteiger partial charge in [-0.2, -0.15) is 0 Å². The molecule has 1 aliphatic rings. The summed E-state index contributed by atoms with van der Waals surface area (Å²) in [5, 5.41) is 3.04. The number of carbonyl (C=O) groups excluding carboxylic acids is 1. The highest BCUT2D eigenvalue weighted by Gasteiger charge is 2.25. The summed E-state index contributed by atoms with van der Waals surface area (Å²) in [6.45, 7) is 1.85. The Hall–Kier alpha value is -1.75. The summed E-state index contributed by atoms with van der Waals surface area (Å²) in [7, 11) is 0. The van der Waals surface area contributed by atoms with E-state index in [1.807, 2.05) is 35.3 Å². The maximum Gasteiger partial charge on any atom is 0.254 e. The molecule has 2 aromatic rings. The van der Waals surface area contributed by atoms with Gasteiger partial charge in [-0.15, -0.1) is 0 Å². The fourth-order valence-corrected chi connectivity index (χ4v) is 2.85. The fourth-order valence-electron chi connectivity index (χ4n) is 2.37. The Morgan fingerprint density at radius 3 is 2.32 bits per heavy atom. The molecule has 0 unspecified atom stereocenters. The van der Waals surface area contributed by atoms with Gasteiger partial charge in [0.2, 0.25) is 0 Å². The molecule has 0 spiro atoms. The molecule has 4 nitrogen and oxygen atoms in total. The van der Waals surface area contributed by atoms with Crippen LogP contribution in [0, 0.1) is 0 Å². The van der Waals surface area contributed by atoms with Gasteiger partial charge in [0.05, 0.1) is 22.4 Å². The minimum atomic E-state index is 0.0233. The molecule has 1 N–H and O–H groups in total. The Balaban J connectivity index is 1.67. The van der Waals surface area contributed by atoms with Crippen LogP contribution in [0.2, 0.25) is 10.0 Å². The van der Waals surface area contributed by atoms with Gasteiger partial charge >= 0.3 is 0 Å². The number of nitrogens with one attached hydrogen (secondary N) is 1. The number of anilines is 1. The van der Waals surface area contributed by atoms with Crippen molar-refractivity contribution in [2.45, 2.75) is 0 Å². The van der Waals surface area contributed by atoms with Gasteiger partial charge in [0.1, 0.15) is 0 Å². The lowest BCUT2D eigenvalue weighted by molar-refractivity contribution is 0.0771. The maximum absolute atomic E-state index is 12.4. The standard InChI is InChI=1S/C16H15Cl2N3O/c17-13-7-4-8-14(18)15(13)19-21-10-9-20(11-21)16(22)12-5-2-1-3-6-12/h1-8,19H,9-11H2. The van der Waals surface area contributed by atoms with E-state index in [0.717, 1.165) is 0 Å². The number of hydrogen-bond donors (Lipinski definition) is 1. The molecule has 1 aliphatic heterocycles. The van der Waals surface area contributed by atoms with Gasteiger partial charge in [-0.1, -0.05) is 47.5 Å². The van der Waals surface area contributed by atoms with E-state index in [-0.39, 0.29) is 5.91 Å². The number of rotatable bonds is 3. The molecule has 2 aromatic carbocycles. The van der Waals surface area contributed by atoms with E-state index in [1.165, 1.54) is 0 Å². The van der Waals surface area contributed by atoms with Gasteiger partial charge in [0, 0.05) is 18.7 Å². The van der Waals surface area contributed by atoms with Crippen molar-refractivity contribution in [3.05, 3.63) is 64.1 Å². The highest BCUT2D eigenvalue weighted by Crippen LogP contribution is 2.30. The number of para-hydroxylation sites is 1. The molecule has 1 heterocycles. The summed E-state index contributed by atoms with van der Waals surface area (Å²) in [5.74, 6) is 0.0233. The first-order valence-corrected chi connectivity index (χ1v) is 7.70. The van der Waals surface area contributed by atoms with Crippen LogP contribution in [-0.2, 0) is 0 Å². The molecule has 114 valence electrons. The largest absolute Gasteiger partial charge is 0.323 e. The number of halogens is 2. The van der Waals surface area contributed by atoms with Crippen molar-refractivity contribution in [3.8, 4) is 0 Å². The van der Waals surface area contributed by atoms with Crippen LogP contribution < -0.4 is 5.43 Å². The van der Waals surface area contributed by atoms with Crippen LogP contribution >= 0.6 is 23.2 Å². The molecule has 6 heteroatoms. The average Bonchev–Trinajstić information content (AvgIpc) is 3.00. The van der Waals surface area contributed by atoms with Crippen molar-refractivity contribution in [1.82, 2.24) is 9.91 Å². The zero-order valence-electron chi connectivity index (χ0n) is 11.8. The zero-order valence-corrected chi connectivity index (χ0v) is 13.3. The SMILES string of the molecule is O=C(c1ccccc1)N1CCN(Nc2c(Cl)cccc2Cl)C1. The molecule has 1 amide bonds. The lowest BCUT2D eigenvalue weighted by Gasteiger charge is -2.21. The number of nitrogens with zero attached hydrogens (tertiary/aromatic N) is 2. The van der Waals surface area contributed by atoms with Crippen LogP contribution in [0.15, 0.2) is 48.5 Å². The highest BCUT2D eigenvalue weighted by molar-refractivity contribution is 6.39. The van der Waals surface area contributed by atoms with Gasteiger partial charge in [0.25, 0.3) is 5.91 Å². The van der Waals surface area contributed by atoms with E-state index in [2.05, 4.69) is 5.43 Å². The first-order valence-electron chi connectivity index (χ1n) is 6.95. The van der Waals surface area contributed by atoms with E-state index in [1.54, 1.807) is 23.1 Å². The number of amides is 1. The minimum Gasteiger partial charge on any atom is -0.323 e. The van der Waals surface area contributed by atoms with Gasteiger partial charge in [-0.05, 0) is 24.3 Å². The number of carbonyl (C=O) groups is 1. The highest BCUT2D eigenvalue weighted by atomic mass is 35.5. The van der Waals surface area contributed by atoms with Crippen LogP contribution in [0.5, 0.6) is 0 Å². The molecule has 22 heavy (non-hydrogen) atoms. The van der Waals surface area contributed by atoms with Crippen molar-refractivity contribution >= 4 is 34.8 Å². The van der Waals surface area contributed by atoms with E-state index >= 15 is 0 Å². The van der Waals surface area contributed by atoms with Gasteiger partial charge in [-0.25, -0.2) is 5.01 Å². The Labute approximate surface area is 139 Å². The van der Waals surface area contributed by atoms with Crippen molar-refractivity contribution in [1.29, 1.82) is 0 Å². The second-order valence-corrected chi connectivity index (χ2v) is 5.86. The molecule has 0 aliphatic carbocycles. The number of hydrogen-bond acceptors (Lipinski definition) is 3. The number of hydrazine groups is 1. The molecule has 0 atom stereocenters. The smallest absolute Gasteiger partial charge is 0.254 e. The van der Waals surface area contributed by atoms with Crippen molar-refractivity contribution in [3.63, 3.8) is 0 Å². The first-order chi connectivity index (χ1) is 10.6. The van der Waals surface area contributed by atoms with E-state index < -0.39 is 0 Å². The second kappa shape index (κ2) is 6.57. The van der Waals surface area contributed by atoms with E-state index in [9.17, 15) is 4.79 Å². The topological polar surface area (TPSA) is 35.6 Å². The van der Waals surface area contributed by atoms with Crippen LogP contribution in [0.3, 0.4) is 0 Å². The molecule has 0 radical (unpaired) electrons. The van der Waals surface area contributed by atoms with Crippen molar-refractivity contribution < 1.29 is 4.79 Å². The summed E-state index contributed by atoms with van der Waals surface area (Å²) in [6, 6.07) is 14.6. The van der Waals surface area contributed by atoms with Crippen molar-refractivity contribution in [2.75, 3.05) is 25.2 Å². The zero-order chi connectivity index (χ0) is 15.5. The van der Waals surface area contributed by atoms with E-state index in [0.29, 0.717) is 41.1 Å². The molecule has 1 fully saturated rings. The first kappa shape index (κ1) is 15.2. The summed E-state index contributed by atoms with van der Waals surface area (Å²) >= 11 is 12.3. The number of benzene rings is 2. The van der Waals surface area contributed by atoms with Gasteiger partial charge < -0.3 is 10.3 Å². The molecular formula is C16H15Cl2N3O. The molecule has 1 saturated heterocycles. The summed E-state index contributed by atoms with van der Waals surface area (Å²) < 4.78 is 0. The van der Waals surface area contributed by atoms with Gasteiger partial charge in [-0.3, -0.25) is 4.79 Å².